The first-order valence-corrected chi connectivity index (χ1v) is 35.8. The molecule has 0 unspecified atom stereocenters. The first-order chi connectivity index (χ1) is 46.3. The molecule has 2 rings (SSSR count). The second-order valence-electron chi connectivity index (χ2n) is 23.8. The van der Waals surface area contributed by atoms with E-state index in [2.05, 4.69) is 42.5 Å². The molecule has 33 heteroatoms. The van der Waals surface area contributed by atoms with E-state index in [4.69, 9.17) is 31.5 Å². The number of rotatable bonds is 56. The molecule has 0 saturated carbocycles. The van der Waals surface area contributed by atoms with Gasteiger partial charge >= 0.3 is 23.9 Å². The molecular weight excluding hydrogens is 1310 g/mol. The van der Waals surface area contributed by atoms with E-state index in [0.29, 0.717) is 12.0 Å². The number of hydrogen-bond donors (Lipinski definition) is 16. The molecule has 1 aromatic carbocycles. The van der Waals surface area contributed by atoms with Crippen LogP contribution < -0.4 is 54.0 Å². The number of Topliss-reactive ketones (excluding diaryl/α,β-unsaturated/α-hetero) is 2. The van der Waals surface area contributed by atoms with Crippen LogP contribution >= 0.6 is 21.6 Å². The van der Waals surface area contributed by atoms with Gasteiger partial charge in [0.05, 0.1) is 38.4 Å². The second-order valence-corrected chi connectivity index (χ2v) is 26.4. The highest BCUT2D eigenvalue weighted by molar-refractivity contribution is 8.76. The highest BCUT2D eigenvalue weighted by Crippen LogP contribution is 2.30. The molecule has 1 saturated heterocycles. The molecule has 0 aromatic heterocycles. The lowest BCUT2D eigenvalue weighted by atomic mass is 9.95. The number of unbranched alkanes of at least 4 members (excludes halogenated alkanes) is 15. The minimum Gasteiger partial charge on any atom is -0.508 e. The monoisotopic (exact) mass is 1410 g/mol. The Kier molecular flexibility index (Phi) is 45.4. The molecular formula is C64H103N11O20S2. The fraction of sp³-hybridized carbons (Fsp3) is 0.688. The lowest BCUT2D eigenvalue weighted by Crippen LogP contribution is -2.57. The lowest BCUT2D eigenvalue weighted by molar-refractivity contribution is -0.140. The third kappa shape index (κ3) is 42.6. The smallest absolute Gasteiger partial charge is 0.303 e. The molecule has 1 aliphatic heterocycles. The van der Waals surface area contributed by atoms with Crippen LogP contribution in [-0.2, 0) is 78.2 Å². The van der Waals surface area contributed by atoms with E-state index in [1.54, 1.807) is 12.1 Å². The van der Waals surface area contributed by atoms with Crippen molar-refractivity contribution in [2.45, 2.75) is 216 Å². The lowest BCUT2D eigenvalue weighted by Gasteiger charge is -2.26. The van der Waals surface area contributed by atoms with Gasteiger partial charge in [-0.15, -0.1) is 0 Å². The maximum atomic E-state index is 13.9. The van der Waals surface area contributed by atoms with Crippen LogP contribution in [0.5, 0.6) is 5.75 Å². The van der Waals surface area contributed by atoms with Crippen LogP contribution in [0.25, 0.3) is 0 Å². The number of ether oxygens (including phenoxy) is 2. The number of amides is 7. The number of aliphatic carboxylic acids is 4. The van der Waals surface area contributed by atoms with Crippen LogP contribution in [0.1, 0.15) is 179 Å². The Balaban J connectivity index is 1.89. The Morgan fingerprint density at radius 1 is 0.505 bits per heavy atom. The van der Waals surface area contributed by atoms with Crippen molar-refractivity contribution in [3.05, 3.63) is 29.8 Å². The molecule has 1 aromatic rings. The molecule has 31 nitrogen and oxygen atoms in total. The van der Waals surface area contributed by atoms with Crippen molar-refractivity contribution in [1.29, 1.82) is 5.41 Å². The van der Waals surface area contributed by atoms with Crippen molar-refractivity contribution in [2.24, 2.45) is 17.4 Å². The summed E-state index contributed by atoms with van der Waals surface area (Å²) < 4.78 is 10.9. The number of guanidine groups is 1. The molecule has 1 aliphatic rings. The Labute approximate surface area is 573 Å². The zero-order chi connectivity index (χ0) is 71.8. The molecule has 1 heterocycles. The first-order valence-electron chi connectivity index (χ1n) is 33.3. The summed E-state index contributed by atoms with van der Waals surface area (Å²) in [7, 11) is 2.52. The number of benzene rings is 1. The van der Waals surface area contributed by atoms with Gasteiger partial charge < -0.3 is 83.7 Å². The topological polar surface area (TPSA) is 514 Å². The fourth-order valence-corrected chi connectivity index (χ4v) is 12.7. The quantitative estimate of drug-likeness (QED) is 0.0193. The van der Waals surface area contributed by atoms with E-state index in [0.717, 1.165) is 64.2 Å². The number of carboxylic acids is 4. The number of aromatic hydroxyl groups is 1. The van der Waals surface area contributed by atoms with Gasteiger partial charge in [-0.1, -0.05) is 124 Å². The van der Waals surface area contributed by atoms with Crippen molar-refractivity contribution in [3.63, 3.8) is 0 Å². The normalized spacial score (nSPS) is 15.3. The standard InChI is InChI=1S/C64H103N11O20S2/c65-59(89)49(36-42-21-23-44(76)24-22-42)70-38-52(78)43-37-51(77)50(41-97-96-40-43)75-62(92)47(26-29-57(85)86)72-54(80)39-95-35-34-94-33-32-68-60(90)45(18-17-31-69-64(66)67)73-63(93)48(27-30-58(87)88)74-61(91)46(25-28-56(83)84)71-53(79)19-15-13-11-9-7-5-3-1-2-4-6-8-10-12-14-16-20-55(81)82/h21-24,43,45-50,70,76H,1-20,25-41H2,(H2,65,89)(H,68,90)(H,71,79)(H,72,80)(H,73,93)(H,74,91)(H,75,92)(H,81,82)(H,83,84)(H,85,86)(H,87,88)(H4,66,67,69)/t43-,45-,46-,47-,48-,49-,50-/m0/s1. The summed E-state index contributed by atoms with van der Waals surface area (Å²) in [4.78, 5) is 165. The average Bonchev–Trinajstić information content (AvgIpc) is 1.77. The SMILES string of the molecule is N=C(N)NCCC[C@H](NC(=O)[C@H](CCC(=O)O)NC(=O)[C@H](CCC(=O)O)NC(=O)CCCCCCCCCCCCCCCCCCC(=O)O)C(=O)NCCOCCOCC(=O)N[C@@H](CCC(=O)O)C(=O)N[C@H]1CSSC[C@@H](C(=O)CN[C@@H](Cc2ccc(O)cc2)C(N)=O)CC1=O. The fourth-order valence-electron chi connectivity index (χ4n) is 10.1. The molecule has 0 spiro atoms. The number of nitrogens with one attached hydrogen (secondary N) is 9. The van der Waals surface area contributed by atoms with Gasteiger partial charge in [0.15, 0.2) is 17.5 Å². The van der Waals surface area contributed by atoms with Crippen LogP contribution in [0.15, 0.2) is 24.3 Å². The highest BCUT2D eigenvalue weighted by Gasteiger charge is 2.34. The third-order valence-electron chi connectivity index (χ3n) is 15.6. The van der Waals surface area contributed by atoms with Crippen molar-refractivity contribution in [3.8, 4) is 5.75 Å². The number of phenols is 1. The summed E-state index contributed by atoms with van der Waals surface area (Å²) in [6.07, 6.45) is 13.8. The molecule has 0 radical (unpaired) electrons. The number of primary amides is 1. The van der Waals surface area contributed by atoms with E-state index < -0.39 is 145 Å². The zero-order valence-electron chi connectivity index (χ0n) is 55.3. The summed E-state index contributed by atoms with van der Waals surface area (Å²) in [6.45, 7) is -1.30. The van der Waals surface area contributed by atoms with Crippen LogP contribution in [0.3, 0.4) is 0 Å². The number of carbonyl (C=O) groups excluding carboxylic acids is 9. The van der Waals surface area contributed by atoms with E-state index in [1.165, 1.54) is 65.8 Å². The van der Waals surface area contributed by atoms with Crippen LogP contribution in [0.4, 0.5) is 0 Å². The van der Waals surface area contributed by atoms with Gasteiger partial charge in [-0.05, 0) is 69.1 Å². The number of carboxylic acid groups (broad SMARTS) is 4. The molecule has 18 N–H and O–H groups in total. The molecule has 7 amide bonds. The minimum absolute atomic E-state index is 0.0311. The van der Waals surface area contributed by atoms with E-state index >= 15 is 0 Å². The number of hydrogen-bond acceptors (Lipinski definition) is 20. The minimum atomic E-state index is -1.56. The maximum absolute atomic E-state index is 13.9. The van der Waals surface area contributed by atoms with Gasteiger partial charge in [-0.2, -0.15) is 0 Å². The van der Waals surface area contributed by atoms with Crippen molar-refractivity contribution < 1.29 is 97.3 Å². The molecule has 1 fully saturated rings. The van der Waals surface area contributed by atoms with Gasteiger partial charge in [0, 0.05) is 69.0 Å². The van der Waals surface area contributed by atoms with Gasteiger partial charge in [0.25, 0.3) is 0 Å². The summed E-state index contributed by atoms with van der Waals surface area (Å²) >= 11 is 0. The van der Waals surface area contributed by atoms with Crippen molar-refractivity contribution in [2.75, 3.05) is 57.6 Å². The first kappa shape index (κ1) is 85.5. The summed E-state index contributed by atoms with van der Waals surface area (Å²) in [5.41, 5.74) is 11.7. The zero-order valence-corrected chi connectivity index (χ0v) is 57.0. The Hall–Kier alpha value is -7.62. The van der Waals surface area contributed by atoms with Gasteiger partial charge in [0.1, 0.15) is 36.5 Å². The largest absolute Gasteiger partial charge is 0.508 e. The second kappa shape index (κ2) is 51.6. The molecule has 546 valence electrons. The molecule has 97 heavy (non-hydrogen) atoms. The number of ketones is 2. The summed E-state index contributed by atoms with van der Waals surface area (Å²) in [6, 6.07) is -1.60. The average molecular weight is 1410 g/mol. The predicted molar refractivity (Wildman–Crippen MR) is 361 cm³/mol. The van der Waals surface area contributed by atoms with Crippen LogP contribution in [0.2, 0.25) is 0 Å². The van der Waals surface area contributed by atoms with Gasteiger partial charge in [0.2, 0.25) is 41.4 Å². The summed E-state index contributed by atoms with van der Waals surface area (Å²) in [5.74, 6) is -11.7. The molecule has 0 bridgehead atoms. The number of nitrogens with two attached hydrogens (primary N) is 2. The predicted octanol–water partition coefficient (Wildman–Crippen LogP) is 2.46. The van der Waals surface area contributed by atoms with Crippen LogP contribution in [0, 0.1) is 11.3 Å². The van der Waals surface area contributed by atoms with E-state index in [9.17, 15) is 82.8 Å². The Morgan fingerprint density at radius 2 is 0.969 bits per heavy atom. The van der Waals surface area contributed by atoms with Crippen molar-refractivity contribution in [1.82, 2.24) is 42.5 Å². The van der Waals surface area contributed by atoms with Gasteiger partial charge in [-0.3, -0.25) is 73.1 Å². The molecule has 0 aliphatic carbocycles. The highest BCUT2D eigenvalue weighted by atomic mass is 33.1. The Bertz CT molecular complexity index is 2660. The molecule has 7 atom stereocenters. The van der Waals surface area contributed by atoms with E-state index in [-0.39, 0.29) is 120 Å². The summed E-state index contributed by atoms with van der Waals surface area (Å²) in [5, 5.41) is 74.7. The van der Waals surface area contributed by atoms with Crippen LogP contribution in [-0.4, -0.2) is 202 Å². The van der Waals surface area contributed by atoms with Crippen molar-refractivity contribution >= 4 is 104 Å². The number of phenolic OH excluding ortho intramolecular Hbond substituents is 1. The van der Waals surface area contributed by atoms with Gasteiger partial charge in [-0.25, -0.2) is 0 Å². The third-order valence-corrected chi connectivity index (χ3v) is 18.1. The maximum Gasteiger partial charge on any atom is 0.303 e. The number of carbonyl (C=O) groups is 13. The Morgan fingerprint density at radius 3 is 1.48 bits per heavy atom. The van der Waals surface area contributed by atoms with E-state index in [1.807, 2.05) is 0 Å².